The molecule has 0 amide bonds. The van der Waals surface area contributed by atoms with Gasteiger partial charge in [-0.15, -0.1) is 11.6 Å². The number of imidazole rings is 1. The van der Waals surface area contributed by atoms with Crippen molar-refractivity contribution in [3.05, 3.63) is 29.6 Å². The highest BCUT2D eigenvalue weighted by atomic mass is 35.5. The van der Waals surface area contributed by atoms with Crippen LogP contribution in [0.3, 0.4) is 0 Å². The fourth-order valence-corrected chi connectivity index (χ4v) is 3.95. The van der Waals surface area contributed by atoms with Crippen molar-refractivity contribution in [2.24, 2.45) is 11.8 Å². The van der Waals surface area contributed by atoms with Crippen molar-refractivity contribution in [1.29, 1.82) is 0 Å². The summed E-state index contributed by atoms with van der Waals surface area (Å²) in [5, 5.41) is 0. The minimum absolute atomic E-state index is 0.641. The van der Waals surface area contributed by atoms with Gasteiger partial charge in [0, 0.05) is 18.8 Å². The van der Waals surface area contributed by atoms with Crippen LogP contribution < -0.4 is 0 Å². The predicted molar refractivity (Wildman–Crippen MR) is 90.0 cm³/mol. The molecule has 1 aromatic carbocycles. The molecule has 3 heteroatoms. The summed E-state index contributed by atoms with van der Waals surface area (Å²) in [7, 11) is 0. The normalized spacial score (nSPS) is 22.8. The van der Waals surface area contributed by atoms with E-state index in [1.165, 1.54) is 36.8 Å². The van der Waals surface area contributed by atoms with Crippen LogP contribution in [0.5, 0.6) is 0 Å². The number of hydrogen-bond donors (Lipinski definition) is 0. The van der Waals surface area contributed by atoms with Crippen molar-refractivity contribution < 1.29 is 0 Å². The standard InChI is InChI=1S/C18H25ClN2/c1-13-6-3-4-8-15(13)12-21-17(10-11-19)20-16-9-5-7-14(2)18(16)21/h5,7,9,13,15H,3-4,6,8,10-12H2,1-2H3. The van der Waals surface area contributed by atoms with Gasteiger partial charge in [0.15, 0.2) is 0 Å². The first kappa shape index (κ1) is 14.9. The van der Waals surface area contributed by atoms with Crippen LogP contribution in [-0.4, -0.2) is 15.4 Å². The quantitative estimate of drug-likeness (QED) is 0.731. The van der Waals surface area contributed by atoms with Crippen molar-refractivity contribution in [1.82, 2.24) is 9.55 Å². The van der Waals surface area contributed by atoms with Gasteiger partial charge < -0.3 is 4.57 Å². The highest BCUT2D eigenvalue weighted by molar-refractivity contribution is 6.17. The molecule has 0 spiro atoms. The molecule has 1 aliphatic rings. The average Bonchev–Trinajstić information content (AvgIpc) is 2.81. The highest BCUT2D eigenvalue weighted by Gasteiger charge is 2.23. The van der Waals surface area contributed by atoms with Crippen LogP contribution in [0.25, 0.3) is 11.0 Å². The molecule has 0 bridgehead atoms. The molecule has 114 valence electrons. The number of aromatic nitrogens is 2. The second kappa shape index (κ2) is 6.39. The van der Waals surface area contributed by atoms with E-state index >= 15 is 0 Å². The molecule has 1 aromatic heterocycles. The van der Waals surface area contributed by atoms with Gasteiger partial charge in [0.1, 0.15) is 5.82 Å². The summed E-state index contributed by atoms with van der Waals surface area (Å²) in [5.41, 5.74) is 3.76. The number of rotatable bonds is 4. The molecule has 2 aromatic rings. The number of halogens is 1. The van der Waals surface area contributed by atoms with Gasteiger partial charge in [0.05, 0.1) is 11.0 Å². The maximum atomic E-state index is 5.99. The molecule has 0 N–H and O–H groups in total. The topological polar surface area (TPSA) is 17.8 Å². The molecular formula is C18H25ClN2. The Bertz CT molecular complexity index is 617. The van der Waals surface area contributed by atoms with E-state index in [0.29, 0.717) is 5.88 Å². The summed E-state index contributed by atoms with van der Waals surface area (Å²) in [4.78, 5) is 4.83. The third-order valence-corrected chi connectivity index (χ3v) is 5.26. The van der Waals surface area contributed by atoms with Crippen LogP contribution >= 0.6 is 11.6 Å². The maximum absolute atomic E-state index is 5.99. The lowest BCUT2D eigenvalue weighted by Gasteiger charge is -2.29. The van der Waals surface area contributed by atoms with Crippen LogP contribution in [0.1, 0.15) is 44.0 Å². The number of fused-ring (bicyclic) bond motifs is 1. The largest absolute Gasteiger partial charge is 0.327 e. The highest BCUT2D eigenvalue weighted by Crippen LogP contribution is 2.32. The lowest BCUT2D eigenvalue weighted by atomic mass is 9.80. The molecule has 1 fully saturated rings. The second-order valence-corrected chi connectivity index (χ2v) is 6.92. The third kappa shape index (κ3) is 2.96. The number of aryl methyl sites for hydroxylation is 2. The molecule has 0 radical (unpaired) electrons. The molecule has 0 saturated heterocycles. The van der Waals surface area contributed by atoms with E-state index in [4.69, 9.17) is 16.6 Å². The Hall–Kier alpha value is -1.02. The summed E-state index contributed by atoms with van der Waals surface area (Å²) >= 11 is 5.99. The number of nitrogens with zero attached hydrogens (tertiary/aromatic N) is 2. The predicted octanol–water partition coefficient (Wildman–Crippen LogP) is 4.95. The summed E-state index contributed by atoms with van der Waals surface area (Å²) in [5.74, 6) is 3.41. The third-order valence-electron chi connectivity index (χ3n) is 5.07. The summed E-state index contributed by atoms with van der Waals surface area (Å²) < 4.78 is 2.46. The Balaban J connectivity index is 2.00. The molecule has 3 rings (SSSR count). The van der Waals surface area contributed by atoms with E-state index in [1.807, 2.05) is 0 Å². The Morgan fingerprint density at radius 3 is 2.86 bits per heavy atom. The Morgan fingerprint density at radius 1 is 1.29 bits per heavy atom. The molecule has 21 heavy (non-hydrogen) atoms. The lowest BCUT2D eigenvalue weighted by molar-refractivity contribution is 0.229. The van der Waals surface area contributed by atoms with Crippen LogP contribution in [0.2, 0.25) is 0 Å². The van der Waals surface area contributed by atoms with Crippen molar-refractivity contribution >= 4 is 22.6 Å². The second-order valence-electron chi connectivity index (χ2n) is 6.54. The summed E-state index contributed by atoms with van der Waals surface area (Å²) in [6.45, 7) is 5.71. The zero-order chi connectivity index (χ0) is 14.8. The van der Waals surface area contributed by atoms with Gasteiger partial charge in [-0.25, -0.2) is 4.98 Å². The van der Waals surface area contributed by atoms with Gasteiger partial charge in [0.2, 0.25) is 0 Å². The van der Waals surface area contributed by atoms with Crippen molar-refractivity contribution in [2.75, 3.05) is 5.88 Å². The van der Waals surface area contributed by atoms with Crippen LogP contribution in [0.15, 0.2) is 18.2 Å². The lowest BCUT2D eigenvalue weighted by Crippen LogP contribution is -2.23. The smallest absolute Gasteiger partial charge is 0.111 e. The number of benzene rings is 1. The number of alkyl halides is 1. The molecule has 0 aliphatic heterocycles. The van der Waals surface area contributed by atoms with Gasteiger partial charge in [-0.05, 0) is 36.8 Å². The molecular weight excluding hydrogens is 280 g/mol. The molecule has 1 saturated carbocycles. The van der Waals surface area contributed by atoms with Crippen LogP contribution in [0, 0.1) is 18.8 Å². The first-order valence-electron chi connectivity index (χ1n) is 8.21. The Labute approximate surface area is 132 Å². The van der Waals surface area contributed by atoms with E-state index < -0.39 is 0 Å². The van der Waals surface area contributed by atoms with E-state index in [2.05, 4.69) is 36.6 Å². The number of para-hydroxylation sites is 1. The fraction of sp³-hybridized carbons (Fsp3) is 0.611. The Kier molecular flexibility index (Phi) is 4.54. The van der Waals surface area contributed by atoms with Crippen molar-refractivity contribution in [3.8, 4) is 0 Å². The number of hydrogen-bond acceptors (Lipinski definition) is 1. The van der Waals surface area contributed by atoms with E-state index in [9.17, 15) is 0 Å². The van der Waals surface area contributed by atoms with Crippen molar-refractivity contribution in [3.63, 3.8) is 0 Å². The average molecular weight is 305 g/mol. The minimum atomic E-state index is 0.641. The Morgan fingerprint density at radius 2 is 2.10 bits per heavy atom. The van der Waals surface area contributed by atoms with Gasteiger partial charge in [-0.1, -0.05) is 38.3 Å². The zero-order valence-electron chi connectivity index (χ0n) is 13.1. The van der Waals surface area contributed by atoms with E-state index in [1.54, 1.807) is 0 Å². The minimum Gasteiger partial charge on any atom is -0.327 e. The van der Waals surface area contributed by atoms with E-state index in [0.717, 1.165) is 36.1 Å². The van der Waals surface area contributed by atoms with E-state index in [-0.39, 0.29) is 0 Å². The van der Waals surface area contributed by atoms with Gasteiger partial charge in [-0.2, -0.15) is 0 Å². The van der Waals surface area contributed by atoms with Gasteiger partial charge >= 0.3 is 0 Å². The monoisotopic (exact) mass is 304 g/mol. The SMILES string of the molecule is Cc1cccc2nc(CCCl)n(CC3CCCCC3C)c12. The molecule has 2 nitrogen and oxygen atoms in total. The molecule has 1 heterocycles. The molecule has 1 aliphatic carbocycles. The molecule has 2 unspecified atom stereocenters. The first-order chi connectivity index (χ1) is 10.2. The summed E-state index contributed by atoms with van der Waals surface area (Å²) in [6, 6.07) is 6.42. The van der Waals surface area contributed by atoms with Crippen LogP contribution in [0.4, 0.5) is 0 Å². The van der Waals surface area contributed by atoms with Gasteiger partial charge in [-0.3, -0.25) is 0 Å². The van der Waals surface area contributed by atoms with Gasteiger partial charge in [0.25, 0.3) is 0 Å². The van der Waals surface area contributed by atoms with Crippen molar-refractivity contribution in [2.45, 2.75) is 52.5 Å². The summed E-state index contributed by atoms with van der Waals surface area (Å²) in [6.07, 6.45) is 6.37. The fourth-order valence-electron chi connectivity index (χ4n) is 3.78. The zero-order valence-corrected chi connectivity index (χ0v) is 13.9. The first-order valence-corrected chi connectivity index (χ1v) is 8.75. The molecule has 2 atom stereocenters. The maximum Gasteiger partial charge on any atom is 0.111 e. The van der Waals surface area contributed by atoms with Crippen LogP contribution in [-0.2, 0) is 13.0 Å².